The molecule has 0 bridgehead atoms. The first-order chi connectivity index (χ1) is 44.8. The van der Waals surface area contributed by atoms with Crippen molar-refractivity contribution in [3.05, 3.63) is 65.7 Å². The summed E-state index contributed by atoms with van der Waals surface area (Å²) in [7, 11) is 0. The number of carbonyl (C=O) groups excluding carboxylic acids is 14. The van der Waals surface area contributed by atoms with E-state index in [-0.39, 0.29) is 81.6 Å². The van der Waals surface area contributed by atoms with E-state index in [2.05, 4.69) is 63.5 Å². The molecule has 10 atom stereocenters. The summed E-state index contributed by atoms with van der Waals surface area (Å²) < 4.78 is 0. The number of phenolic OH excluding ortho intramolecular Hbond substituents is 1. The molecule has 0 radical (unpaired) electrons. The van der Waals surface area contributed by atoms with Crippen LogP contribution in [0.1, 0.15) is 104 Å². The monoisotopic (exact) mass is 1330 g/mol. The fourth-order valence-electron chi connectivity index (χ4n) is 9.75. The maximum atomic E-state index is 14.5. The molecule has 1 aliphatic heterocycles. The van der Waals surface area contributed by atoms with Crippen LogP contribution in [0.4, 0.5) is 0 Å². The number of aliphatic imine (C=N–C) groups is 1. The molecule has 34 heteroatoms. The second-order valence-electron chi connectivity index (χ2n) is 23.8. The van der Waals surface area contributed by atoms with Gasteiger partial charge in [-0.1, -0.05) is 70.2 Å². The molecule has 95 heavy (non-hydrogen) atoms. The molecule has 1 fully saturated rings. The number of nitrogens with one attached hydrogen (secondary N) is 11. The Bertz CT molecular complexity index is 3020. The second-order valence-corrected chi connectivity index (χ2v) is 23.8. The van der Waals surface area contributed by atoms with Gasteiger partial charge in [0, 0.05) is 32.4 Å². The number of primary amides is 2. The Balaban J connectivity index is 1.81. The molecule has 34 nitrogen and oxygen atoms in total. The smallest absolute Gasteiger partial charge is 0.245 e. The first-order valence-electron chi connectivity index (χ1n) is 31.1. The van der Waals surface area contributed by atoms with Crippen LogP contribution in [0.3, 0.4) is 0 Å². The van der Waals surface area contributed by atoms with Crippen LogP contribution in [-0.2, 0) is 80.0 Å². The number of aliphatic hydroxyl groups excluding tert-OH is 1. The highest BCUT2D eigenvalue weighted by Gasteiger charge is 2.38. The topological polar surface area (TPSA) is 557 Å². The van der Waals surface area contributed by atoms with Gasteiger partial charge in [-0.2, -0.15) is 0 Å². The Kier molecular flexibility index (Phi) is 33.5. The Morgan fingerprint density at radius 1 is 0.537 bits per heavy atom. The molecule has 1 saturated heterocycles. The predicted molar refractivity (Wildman–Crippen MR) is 344 cm³/mol. The molecule has 3 rings (SSSR count). The number of likely N-dealkylation sites (tertiary alicyclic amines) is 1. The van der Waals surface area contributed by atoms with E-state index in [9.17, 15) is 77.3 Å². The number of nitrogens with zero attached hydrogens (tertiary/aromatic N) is 2. The van der Waals surface area contributed by atoms with Crippen LogP contribution in [0, 0.1) is 11.8 Å². The number of rotatable bonds is 40. The molecular formula is C61H94N18O16. The Morgan fingerprint density at radius 2 is 1.00 bits per heavy atom. The van der Waals surface area contributed by atoms with Gasteiger partial charge in [0.25, 0.3) is 0 Å². The fraction of sp³-hybridized carbons (Fsp3) is 0.557. The minimum atomic E-state index is -1.60. The maximum absolute atomic E-state index is 14.5. The van der Waals surface area contributed by atoms with Crippen molar-refractivity contribution in [2.75, 3.05) is 39.3 Å². The lowest BCUT2D eigenvalue weighted by atomic mass is 10.00. The number of hydrogen-bond acceptors (Lipinski definition) is 18. The van der Waals surface area contributed by atoms with Crippen molar-refractivity contribution in [1.82, 2.24) is 63.4 Å². The van der Waals surface area contributed by atoms with Crippen molar-refractivity contribution < 1.29 is 77.3 Å². The number of aromatic hydroxyl groups is 1. The molecule has 1 unspecified atom stereocenters. The van der Waals surface area contributed by atoms with E-state index >= 15 is 0 Å². The highest BCUT2D eigenvalue weighted by atomic mass is 16.3. The number of guanidine groups is 1. The minimum absolute atomic E-state index is 0.000101. The number of hydrogen-bond donors (Lipinski definition) is 18. The summed E-state index contributed by atoms with van der Waals surface area (Å²) in [6.07, 6.45) is -0.374. The zero-order valence-corrected chi connectivity index (χ0v) is 54.3. The van der Waals surface area contributed by atoms with Crippen LogP contribution in [0.25, 0.3) is 0 Å². The Morgan fingerprint density at radius 3 is 1.52 bits per heavy atom. The Hall–Kier alpha value is -9.99. The summed E-state index contributed by atoms with van der Waals surface area (Å²) in [5.41, 5.74) is 28.7. The average Bonchev–Trinajstić information content (AvgIpc) is 1.77. The summed E-state index contributed by atoms with van der Waals surface area (Å²) in [6.45, 7) is 7.04. The number of amides is 14. The number of aliphatic hydroxyl groups is 1. The van der Waals surface area contributed by atoms with Crippen LogP contribution in [0.2, 0.25) is 0 Å². The summed E-state index contributed by atoms with van der Waals surface area (Å²) in [6, 6.07) is 1.05. The van der Waals surface area contributed by atoms with Crippen LogP contribution < -0.4 is 87.2 Å². The van der Waals surface area contributed by atoms with Crippen molar-refractivity contribution in [2.45, 2.75) is 166 Å². The molecule has 1 heterocycles. The van der Waals surface area contributed by atoms with Crippen LogP contribution in [-0.4, -0.2) is 204 Å². The first kappa shape index (κ1) is 79.2. The van der Waals surface area contributed by atoms with Gasteiger partial charge < -0.3 is 102 Å². The van der Waals surface area contributed by atoms with Gasteiger partial charge in [0.2, 0.25) is 82.7 Å². The van der Waals surface area contributed by atoms with Gasteiger partial charge in [0.1, 0.15) is 60.1 Å². The number of benzene rings is 2. The molecule has 0 spiro atoms. The van der Waals surface area contributed by atoms with E-state index in [1.807, 2.05) is 13.8 Å². The highest BCUT2D eigenvalue weighted by molar-refractivity contribution is 5.99. The molecule has 14 amide bonds. The van der Waals surface area contributed by atoms with Crippen LogP contribution in [0.15, 0.2) is 59.6 Å². The van der Waals surface area contributed by atoms with E-state index in [1.165, 1.54) is 43.0 Å². The van der Waals surface area contributed by atoms with E-state index in [0.717, 1.165) is 0 Å². The third kappa shape index (κ3) is 29.2. The molecule has 0 aliphatic carbocycles. The van der Waals surface area contributed by atoms with E-state index in [4.69, 9.17) is 28.7 Å². The number of nitrogens with two attached hydrogens (primary N) is 5. The largest absolute Gasteiger partial charge is 0.508 e. The van der Waals surface area contributed by atoms with Gasteiger partial charge in [0.05, 0.1) is 32.3 Å². The SMILES string of the molecule is CC(C)C[C@H](NC(=O)CNC(=O)[C@H](Cc1ccccc1)NC(=O)CNC(=O)[C@H](Cc1ccc(O)cc1)NC(=O)[C@H](CC(C)C)NC(=O)[C@H](CCCN=C(N)N)NC(=O)[C@H](CCC(N)=O)NC(=O)[C@H](C)NC(=O)CNC(=O)[C@H](CO)NC(=O)C1CCCN1C(=O)[C@H](C)N)C(N)=O. The zero-order chi connectivity index (χ0) is 71.1. The van der Waals surface area contributed by atoms with Crippen molar-refractivity contribution in [3.8, 4) is 5.75 Å². The normalized spacial score (nSPS) is 15.4. The van der Waals surface area contributed by atoms with Crippen molar-refractivity contribution >= 4 is 88.7 Å². The fourth-order valence-corrected chi connectivity index (χ4v) is 9.75. The van der Waals surface area contributed by atoms with Crippen LogP contribution >= 0.6 is 0 Å². The number of phenols is 1. The molecule has 0 aromatic heterocycles. The lowest BCUT2D eigenvalue weighted by molar-refractivity contribution is -0.140. The molecule has 2 aromatic rings. The van der Waals surface area contributed by atoms with E-state index in [0.29, 0.717) is 17.5 Å². The third-order valence-electron chi connectivity index (χ3n) is 14.6. The summed E-state index contributed by atoms with van der Waals surface area (Å²) in [4.78, 5) is 192. The summed E-state index contributed by atoms with van der Waals surface area (Å²) >= 11 is 0. The number of carbonyl (C=O) groups is 14. The highest BCUT2D eigenvalue weighted by Crippen LogP contribution is 2.19. The minimum Gasteiger partial charge on any atom is -0.508 e. The average molecular weight is 1340 g/mol. The van der Waals surface area contributed by atoms with Gasteiger partial charge in [-0.3, -0.25) is 72.1 Å². The van der Waals surface area contributed by atoms with Crippen molar-refractivity contribution in [3.63, 3.8) is 0 Å². The van der Waals surface area contributed by atoms with Crippen LogP contribution in [0.5, 0.6) is 5.75 Å². The Labute approximate surface area is 550 Å². The first-order valence-corrected chi connectivity index (χ1v) is 31.1. The lowest BCUT2D eigenvalue weighted by Crippen LogP contribution is -2.59. The molecule has 0 saturated carbocycles. The quantitative estimate of drug-likeness (QED) is 0.0168. The molecule has 1 aliphatic rings. The lowest BCUT2D eigenvalue weighted by Gasteiger charge is -2.27. The third-order valence-corrected chi connectivity index (χ3v) is 14.6. The molecule has 23 N–H and O–H groups in total. The van der Waals surface area contributed by atoms with Gasteiger partial charge in [-0.15, -0.1) is 0 Å². The summed E-state index contributed by atoms with van der Waals surface area (Å²) in [5.74, 6) is -12.6. The molecule has 524 valence electrons. The van der Waals surface area contributed by atoms with Gasteiger partial charge in [0.15, 0.2) is 5.96 Å². The molecule has 2 aromatic carbocycles. The standard InChI is InChI=1S/C61H94N18O16/c1-32(2)24-41(51(64)86)72-49(84)29-68-53(88)43(26-36-12-8-7-9-13-36)73-50(85)30-69-54(89)44(27-37-16-18-38(81)19-17-37)77-58(93)42(25-33(3)4)76-56(91)39(14-10-22-67-61(65)66)75-57(92)40(20-21-47(63)82)74-52(87)35(6)71-48(83)28-70-55(90)45(31-80)78-59(94)46-15-11-23-79(46)60(95)34(5)62/h7-9,12-13,16-19,32-35,39-46,80-81H,10-11,14-15,20-31,62H2,1-6H3,(H2,63,82)(H2,64,86)(H,68,88)(H,69,89)(H,70,90)(H,71,83)(H,72,84)(H,73,85)(H,74,87)(H,75,92)(H,76,91)(H,77,93)(H,78,94)(H4,65,66,67)/t34-,35-,39-,40-,41-,42-,43-,44-,45-,46?/m0/s1. The summed E-state index contributed by atoms with van der Waals surface area (Å²) in [5, 5.41) is 47.1. The zero-order valence-electron chi connectivity index (χ0n) is 54.3. The van der Waals surface area contributed by atoms with E-state index in [1.54, 1.807) is 44.2 Å². The maximum Gasteiger partial charge on any atom is 0.245 e. The van der Waals surface area contributed by atoms with Gasteiger partial charge in [-0.05, 0) is 93.9 Å². The predicted octanol–water partition coefficient (Wildman–Crippen LogP) is -6.35. The van der Waals surface area contributed by atoms with Gasteiger partial charge in [-0.25, -0.2) is 0 Å². The van der Waals surface area contributed by atoms with Gasteiger partial charge >= 0.3 is 0 Å². The van der Waals surface area contributed by atoms with Crippen molar-refractivity contribution in [1.29, 1.82) is 0 Å². The van der Waals surface area contributed by atoms with Crippen molar-refractivity contribution in [2.24, 2.45) is 45.5 Å². The second kappa shape index (κ2) is 40.2. The van der Waals surface area contributed by atoms with E-state index < -0.39 is 182 Å². The molecular weight excluding hydrogens is 1240 g/mol.